The van der Waals surface area contributed by atoms with Crippen molar-refractivity contribution in [2.45, 2.75) is 91.5 Å². The summed E-state index contributed by atoms with van der Waals surface area (Å²) >= 11 is 0. The Morgan fingerprint density at radius 1 is 1.22 bits per heavy atom. The second-order valence-electron chi connectivity index (χ2n) is 10.1. The van der Waals surface area contributed by atoms with Crippen molar-refractivity contribution in [1.29, 1.82) is 0 Å². The Morgan fingerprint density at radius 3 is 2.53 bits per heavy atom. The van der Waals surface area contributed by atoms with Crippen LogP contribution >= 0.6 is 0 Å². The third kappa shape index (κ3) is 7.20. The van der Waals surface area contributed by atoms with Crippen LogP contribution in [0.5, 0.6) is 0 Å². The Hall–Kier alpha value is -1.61. The van der Waals surface area contributed by atoms with E-state index in [1.54, 1.807) is 0 Å². The van der Waals surface area contributed by atoms with Crippen molar-refractivity contribution >= 4 is 5.91 Å². The van der Waals surface area contributed by atoms with Crippen LogP contribution in [0.25, 0.3) is 0 Å². The van der Waals surface area contributed by atoms with Gasteiger partial charge in [0.05, 0.1) is 18.8 Å². The van der Waals surface area contributed by atoms with Crippen molar-refractivity contribution in [3.63, 3.8) is 0 Å². The number of aliphatic hydroxyl groups is 2. The zero-order valence-electron chi connectivity index (χ0n) is 20.8. The van der Waals surface area contributed by atoms with Crippen LogP contribution in [-0.4, -0.2) is 58.5 Å². The van der Waals surface area contributed by atoms with Gasteiger partial charge in [-0.3, -0.25) is 4.79 Å². The molecule has 2 saturated carbocycles. The van der Waals surface area contributed by atoms with Gasteiger partial charge in [0.15, 0.2) is 0 Å². The first kappa shape index (κ1) is 26.6. The minimum Gasteiger partial charge on any atom is -0.392 e. The quantitative estimate of drug-likeness (QED) is 0.303. The molecule has 2 rings (SSSR count). The zero-order valence-corrected chi connectivity index (χ0v) is 20.8. The Labute approximate surface area is 194 Å². The van der Waals surface area contributed by atoms with Crippen LogP contribution in [0, 0.1) is 35.5 Å². The molecule has 2 N–H and O–H groups in total. The summed E-state index contributed by atoms with van der Waals surface area (Å²) in [4.78, 5) is 14.3. The second-order valence-corrected chi connectivity index (χ2v) is 10.1. The maximum atomic E-state index is 12.4. The highest BCUT2D eigenvalue weighted by Gasteiger charge is 2.45. The number of ether oxygens (including phenoxy) is 1. The van der Waals surface area contributed by atoms with E-state index in [9.17, 15) is 15.0 Å². The molecule has 0 aliphatic heterocycles. The largest absolute Gasteiger partial charge is 0.392 e. The van der Waals surface area contributed by atoms with Crippen LogP contribution < -0.4 is 0 Å². The molecule has 0 heterocycles. The number of hydrogen-bond donors (Lipinski definition) is 2. The topological polar surface area (TPSA) is 70.0 Å². The first-order valence-corrected chi connectivity index (χ1v) is 12.2. The van der Waals surface area contributed by atoms with Crippen molar-refractivity contribution in [3.05, 3.63) is 23.8 Å². The van der Waals surface area contributed by atoms with Crippen molar-refractivity contribution in [2.24, 2.45) is 23.7 Å². The van der Waals surface area contributed by atoms with E-state index in [4.69, 9.17) is 4.74 Å². The summed E-state index contributed by atoms with van der Waals surface area (Å²) in [5.74, 6) is 6.97. The monoisotopic (exact) mass is 445 g/mol. The summed E-state index contributed by atoms with van der Waals surface area (Å²) in [6.45, 7) is 12.5. The Balaban J connectivity index is 1.85. The molecule has 0 spiro atoms. The molecule has 2 aliphatic rings. The summed E-state index contributed by atoms with van der Waals surface area (Å²) in [5, 5.41) is 20.9. The molecule has 1 amide bonds. The number of aliphatic hydroxyl groups excluding tert-OH is 2. The molecule has 6 atom stereocenters. The summed E-state index contributed by atoms with van der Waals surface area (Å²) in [5.41, 5.74) is 1.36. The lowest BCUT2D eigenvalue weighted by Gasteiger charge is -2.30. The molecule has 0 unspecified atom stereocenters. The average Bonchev–Trinajstić information content (AvgIpc) is 3.23. The molecule has 0 aromatic carbocycles. The van der Waals surface area contributed by atoms with Crippen molar-refractivity contribution in [3.8, 4) is 11.8 Å². The van der Waals surface area contributed by atoms with Gasteiger partial charge < -0.3 is 19.8 Å². The van der Waals surface area contributed by atoms with Gasteiger partial charge in [-0.2, -0.15) is 0 Å². The van der Waals surface area contributed by atoms with Gasteiger partial charge in [0.25, 0.3) is 0 Å². The van der Waals surface area contributed by atoms with E-state index in [0.717, 1.165) is 19.3 Å². The highest BCUT2D eigenvalue weighted by molar-refractivity contribution is 5.78. The Kier molecular flexibility index (Phi) is 10.5. The predicted molar refractivity (Wildman–Crippen MR) is 129 cm³/mol. The molecule has 2 aliphatic carbocycles. The van der Waals surface area contributed by atoms with E-state index in [-0.39, 0.29) is 42.5 Å². The molecule has 32 heavy (non-hydrogen) atoms. The molecule has 0 aromatic rings. The number of allylic oxidation sites excluding steroid dienone is 1. The molecule has 0 saturated heterocycles. The van der Waals surface area contributed by atoms with E-state index in [2.05, 4.69) is 17.9 Å². The predicted octanol–water partition coefficient (Wildman–Crippen LogP) is 3.95. The third-order valence-corrected chi connectivity index (χ3v) is 6.94. The first-order valence-electron chi connectivity index (χ1n) is 12.2. The van der Waals surface area contributed by atoms with E-state index in [1.165, 1.54) is 5.57 Å². The fourth-order valence-electron chi connectivity index (χ4n) is 5.33. The lowest BCUT2D eigenvalue weighted by atomic mass is 9.89. The summed E-state index contributed by atoms with van der Waals surface area (Å²) in [6.07, 6.45) is 8.53. The van der Waals surface area contributed by atoms with Gasteiger partial charge in [0.1, 0.15) is 6.61 Å². The third-order valence-electron chi connectivity index (χ3n) is 6.94. The number of nitrogens with zero attached hydrogens (tertiary/aromatic N) is 1. The number of carbonyl (C=O) groups excluding carboxylic acids is 1. The van der Waals surface area contributed by atoms with Gasteiger partial charge in [0, 0.05) is 24.4 Å². The number of rotatable bonds is 10. The standard InChI is InChI=1S/C27H43NO4/c1-7-8-9-20(6)25(29)11-10-23-24-15-21(14-22(24)16-26(23)30)12-13-32-17-27(31)28(18(2)3)19(4)5/h10-12,18-20,22-26,29-30H,9,13-17H2,1-6H3/b11-10+,21-12?/t20-,22+,23-,24+,25+,26-/m1/s1. The Bertz CT molecular complexity index is 722. The molecule has 5 nitrogen and oxygen atoms in total. The number of hydrogen-bond acceptors (Lipinski definition) is 4. The molecule has 0 bridgehead atoms. The highest BCUT2D eigenvalue weighted by atomic mass is 16.5. The lowest BCUT2D eigenvalue weighted by molar-refractivity contribution is -0.139. The minimum absolute atomic E-state index is 0.0303. The van der Waals surface area contributed by atoms with Crippen molar-refractivity contribution in [1.82, 2.24) is 4.90 Å². The first-order chi connectivity index (χ1) is 15.1. The maximum Gasteiger partial charge on any atom is 0.249 e. The van der Waals surface area contributed by atoms with E-state index in [1.807, 2.05) is 58.6 Å². The fourth-order valence-corrected chi connectivity index (χ4v) is 5.33. The molecule has 2 fully saturated rings. The second kappa shape index (κ2) is 12.6. The number of carbonyl (C=O) groups is 1. The Morgan fingerprint density at radius 2 is 1.91 bits per heavy atom. The zero-order chi connectivity index (χ0) is 23.8. The lowest BCUT2D eigenvalue weighted by Crippen LogP contribution is -2.43. The summed E-state index contributed by atoms with van der Waals surface area (Å²) in [7, 11) is 0. The van der Waals surface area contributed by atoms with E-state index >= 15 is 0 Å². The van der Waals surface area contributed by atoms with E-state index < -0.39 is 6.10 Å². The van der Waals surface area contributed by atoms with Crippen molar-refractivity contribution < 1.29 is 19.7 Å². The molecule has 5 heteroatoms. The van der Waals surface area contributed by atoms with Gasteiger partial charge in [0.2, 0.25) is 5.91 Å². The minimum atomic E-state index is -0.541. The molecule has 0 radical (unpaired) electrons. The highest BCUT2D eigenvalue weighted by Crippen LogP contribution is 2.50. The normalized spacial score (nSPS) is 28.2. The van der Waals surface area contributed by atoms with Gasteiger partial charge in [-0.1, -0.05) is 30.7 Å². The molecule has 0 aromatic heterocycles. The summed E-state index contributed by atoms with van der Waals surface area (Å²) in [6, 6.07) is 0.326. The smallest absolute Gasteiger partial charge is 0.249 e. The maximum absolute atomic E-state index is 12.4. The average molecular weight is 446 g/mol. The van der Waals surface area contributed by atoms with Gasteiger partial charge in [-0.05, 0) is 71.6 Å². The van der Waals surface area contributed by atoms with Crippen LogP contribution in [-0.2, 0) is 9.53 Å². The fraction of sp³-hybridized carbons (Fsp3) is 0.741. The summed E-state index contributed by atoms with van der Waals surface area (Å²) < 4.78 is 5.67. The van der Waals surface area contributed by atoms with Crippen molar-refractivity contribution in [2.75, 3.05) is 13.2 Å². The molecular weight excluding hydrogens is 402 g/mol. The SMILES string of the molecule is CC#CC[C@@H](C)[C@@H](O)/C=C/[C@@H]1[C@H]2CC(=CCOCC(=O)N(C(C)C)C(C)C)C[C@H]2C[C@H]1O. The van der Waals surface area contributed by atoms with Crippen LogP contribution in [0.2, 0.25) is 0 Å². The van der Waals surface area contributed by atoms with Crippen LogP contribution in [0.3, 0.4) is 0 Å². The molecular formula is C27H43NO4. The van der Waals surface area contributed by atoms with Crippen LogP contribution in [0.4, 0.5) is 0 Å². The van der Waals surface area contributed by atoms with Gasteiger partial charge in [-0.25, -0.2) is 0 Å². The number of fused-ring (bicyclic) bond motifs is 1. The van der Waals surface area contributed by atoms with Gasteiger partial charge >= 0.3 is 0 Å². The number of amides is 1. The molecule has 180 valence electrons. The van der Waals surface area contributed by atoms with Crippen LogP contribution in [0.15, 0.2) is 23.8 Å². The van der Waals surface area contributed by atoms with Crippen LogP contribution in [0.1, 0.15) is 67.2 Å². The van der Waals surface area contributed by atoms with E-state index in [0.29, 0.717) is 24.9 Å². The van der Waals surface area contributed by atoms with Gasteiger partial charge in [-0.15, -0.1) is 11.8 Å².